The second-order valence-corrected chi connectivity index (χ2v) is 5.60. The van der Waals surface area contributed by atoms with Crippen molar-refractivity contribution < 1.29 is 0 Å². The van der Waals surface area contributed by atoms with Gasteiger partial charge in [-0.3, -0.25) is 0 Å². The number of hydrogen-bond acceptors (Lipinski definition) is 6. The van der Waals surface area contributed by atoms with E-state index in [0.29, 0.717) is 12.0 Å². The summed E-state index contributed by atoms with van der Waals surface area (Å²) in [5.74, 6) is 2.25. The van der Waals surface area contributed by atoms with Gasteiger partial charge in [0.2, 0.25) is 17.8 Å². The number of piperidine rings is 1. The summed E-state index contributed by atoms with van der Waals surface area (Å²) in [4.78, 5) is 18.4. The van der Waals surface area contributed by atoms with Gasteiger partial charge in [0.25, 0.3) is 0 Å². The van der Waals surface area contributed by atoms with E-state index in [2.05, 4.69) is 45.9 Å². The molecule has 0 aromatic carbocycles. The Bertz CT molecular complexity index is 444. The first-order chi connectivity index (χ1) is 10.2. The number of aromatic nitrogens is 3. The average Bonchev–Trinajstić information content (AvgIpc) is 2.55. The lowest BCUT2D eigenvalue weighted by Gasteiger charge is -2.30. The molecule has 6 nitrogen and oxygen atoms in total. The van der Waals surface area contributed by atoms with Crippen LogP contribution in [0.15, 0.2) is 0 Å². The predicted octanol–water partition coefficient (Wildman–Crippen LogP) is 2.53. The van der Waals surface area contributed by atoms with Crippen LogP contribution in [-0.4, -0.2) is 47.7 Å². The van der Waals surface area contributed by atoms with Crippen molar-refractivity contribution in [2.45, 2.75) is 52.5 Å². The molecule has 1 saturated heterocycles. The van der Waals surface area contributed by atoms with Gasteiger partial charge in [-0.25, -0.2) is 0 Å². The second kappa shape index (κ2) is 7.43. The summed E-state index contributed by atoms with van der Waals surface area (Å²) in [6.45, 7) is 9.55. The molecule has 1 aromatic heterocycles. The molecule has 1 fully saturated rings. The first-order valence-electron chi connectivity index (χ1n) is 8.15. The molecule has 2 heterocycles. The Kier molecular flexibility index (Phi) is 5.59. The van der Waals surface area contributed by atoms with Crippen LogP contribution in [0.25, 0.3) is 0 Å². The molecule has 1 aliphatic rings. The zero-order valence-electron chi connectivity index (χ0n) is 13.8. The molecule has 1 aromatic rings. The molecule has 1 atom stereocenters. The molecule has 0 aliphatic carbocycles. The lowest BCUT2D eigenvalue weighted by molar-refractivity contribution is 0.564. The minimum absolute atomic E-state index is 0.427. The highest BCUT2D eigenvalue weighted by Gasteiger charge is 2.20. The van der Waals surface area contributed by atoms with Crippen molar-refractivity contribution in [1.29, 1.82) is 0 Å². The van der Waals surface area contributed by atoms with E-state index in [-0.39, 0.29) is 0 Å². The van der Waals surface area contributed by atoms with Crippen LogP contribution >= 0.6 is 0 Å². The molecule has 2 rings (SSSR count). The number of hydrogen-bond donors (Lipinski definition) is 1. The molecule has 1 unspecified atom stereocenters. The van der Waals surface area contributed by atoms with Gasteiger partial charge < -0.3 is 15.1 Å². The van der Waals surface area contributed by atoms with Gasteiger partial charge in [0.1, 0.15) is 0 Å². The summed E-state index contributed by atoms with van der Waals surface area (Å²) in [6.07, 6.45) is 4.83. The average molecular weight is 292 g/mol. The maximum absolute atomic E-state index is 4.73. The molecule has 0 spiro atoms. The maximum atomic E-state index is 4.73. The highest BCUT2D eigenvalue weighted by molar-refractivity contribution is 5.45. The Morgan fingerprint density at radius 1 is 1.14 bits per heavy atom. The Morgan fingerprint density at radius 2 is 1.86 bits per heavy atom. The van der Waals surface area contributed by atoms with Crippen molar-refractivity contribution in [1.82, 2.24) is 15.0 Å². The molecule has 6 heteroatoms. The summed E-state index contributed by atoms with van der Waals surface area (Å²) in [7, 11) is 1.86. The zero-order valence-corrected chi connectivity index (χ0v) is 13.8. The minimum Gasteiger partial charge on any atom is -0.357 e. The van der Waals surface area contributed by atoms with Crippen LogP contribution in [0.1, 0.15) is 46.5 Å². The maximum Gasteiger partial charge on any atom is 0.232 e. The summed E-state index contributed by atoms with van der Waals surface area (Å²) in [5, 5.41) is 3.07. The van der Waals surface area contributed by atoms with Crippen LogP contribution < -0.4 is 15.1 Å². The Hall–Kier alpha value is -1.59. The Labute approximate surface area is 128 Å². The van der Waals surface area contributed by atoms with E-state index < -0.39 is 0 Å². The largest absolute Gasteiger partial charge is 0.357 e. The van der Waals surface area contributed by atoms with Gasteiger partial charge in [-0.05, 0) is 39.5 Å². The van der Waals surface area contributed by atoms with Crippen LogP contribution in [0.4, 0.5) is 17.8 Å². The molecule has 0 bridgehead atoms. The van der Waals surface area contributed by atoms with Gasteiger partial charge in [-0.15, -0.1) is 0 Å². The van der Waals surface area contributed by atoms with Crippen molar-refractivity contribution in [3.8, 4) is 0 Å². The molecule has 0 saturated carbocycles. The van der Waals surface area contributed by atoms with Crippen LogP contribution in [0, 0.1) is 0 Å². The first kappa shape index (κ1) is 15.8. The molecule has 118 valence electrons. The van der Waals surface area contributed by atoms with Gasteiger partial charge in [0.15, 0.2) is 0 Å². The monoisotopic (exact) mass is 292 g/mol. The van der Waals surface area contributed by atoms with E-state index in [1.54, 1.807) is 0 Å². The molecule has 1 aliphatic heterocycles. The zero-order chi connectivity index (χ0) is 15.2. The lowest BCUT2D eigenvalue weighted by Crippen LogP contribution is -2.36. The standard InChI is InChI=1S/C15H28N6/c1-5-12(3)21(6-2)15-18-13(16-4)17-14(19-15)20-10-8-7-9-11-20/h12H,5-11H2,1-4H3,(H,16,17,18,19). The fraction of sp³-hybridized carbons (Fsp3) is 0.800. The number of rotatable bonds is 6. The lowest BCUT2D eigenvalue weighted by atomic mass is 10.1. The Balaban J connectivity index is 2.31. The molecule has 1 N–H and O–H groups in total. The third kappa shape index (κ3) is 3.74. The number of anilines is 3. The van der Waals surface area contributed by atoms with E-state index >= 15 is 0 Å². The smallest absolute Gasteiger partial charge is 0.232 e. The first-order valence-corrected chi connectivity index (χ1v) is 8.15. The van der Waals surface area contributed by atoms with Gasteiger partial charge >= 0.3 is 0 Å². The van der Waals surface area contributed by atoms with Crippen molar-refractivity contribution >= 4 is 17.8 Å². The van der Waals surface area contributed by atoms with E-state index in [4.69, 9.17) is 4.98 Å². The highest BCUT2D eigenvalue weighted by Crippen LogP contribution is 2.21. The highest BCUT2D eigenvalue weighted by atomic mass is 15.4. The van der Waals surface area contributed by atoms with E-state index in [9.17, 15) is 0 Å². The van der Waals surface area contributed by atoms with Gasteiger partial charge in [0.05, 0.1) is 0 Å². The van der Waals surface area contributed by atoms with Gasteiger partial charge in [0, 0.05) is 32.7 Å². The molecule has 0 amide bonds. The summed E-state index contributed by atoms with van der Waals surface area (Å²) < 4.78 is 0. The van der Waals surface area contributed by atoms with Crippen molar-refractivity contribution in [3.05, 3.63) is 0 Å². The van der Waals surface area contributed by atoms with E-state index in [1.807, 2.05) is 7.05 Å². The topological polar surface area (TPSA) is 57.2 Å². The predicted molar refractivity (Wildman–Crippen MR) is 88.2 cm³/mol. The van der Waals surface area contributed by atoms with Crippen molar-refractivity contribution in [2.24, 2.45) is 0 Å². The minimum atomic E-state index is 0.427. The fourth-order valence-corrected chi connectivity index (χ4v) is 2.70. The van der Waals surface area contributed by atoms with Crippen LogP contribution in [0.2, 0.25) is 0 Å². The second-order valence-electron chi connectivity index (χ2n) is 5.60. The van der Waals surface area contributed by atoms with Crippen molar-refractivity contribution in [3.63, 3.8) is 0 Å². The molecular formula is C15H28N6. The van der Waals surface area contributed by atoms with E-state index in [0.717, 1.165) is 38.0 Å². The van der Waals surface area contributed by atoms with Gasteiger partial charge in [-0.2, -0.15) is 15.0 Å². The normalized spacial score (nSPS) is 16.7. The number of nitrogens with zero attached hydrogens (tertiary/aromatic N) is 5. The van der Waals surface area contributed by atoms with E-state index in [1.165, 1.54) is 19.3 Å². The van der Waals surface area contributed by atoms with Gasteiger partial charge in [-0.1, -0.05) is 6.92 Å². The SMILES string of the molecule is CCC(C)N(CC)c1nc(NC)nc(N2CCCCC2)n1. The quantitative estimate of drug-likeness (QED) is 0.869. The summed E-state index contributed by atoms with van der Waals surface area (Å²) in [5.41, 5.74) is 0. The Morgan fingerprint density at radius 3 is 2.43 bits per heavy atom. The third-order valence-corrected chi connectivity index (χ3v) is 4.19. The fourth-order valence-electron chi connectivity index (χ4n) is 2.70. The molecule has 21 heavy (non-hydrogen) atoms. The third-order valence-electron chi connectivity index (χ3n) is 4.19. The van der Waals surface area contributed by atoms with Crippen LogP contribution in [-0.2, 0) is 0 Å². The van der Waals surface area contributed by atoms with Crippen LogP contribution in [0.5, 0.6) is 0 Å². The summed E-state index contributed by atoms with van der Waals surface area (Å²) in [6, 6.07) is 0.427. The molecular weight excluding hydrogens is 264 g/mol. The van der Waals surface area contributed by atoms with Crippen LogP contribution in [0.3, 0.4) is 0 Å². The number of nitrogens with one attached hydrogen (secondary N) is 1. The van der Waals surface area contributed by atoms with Crippen molar-refractivity contribution in [2.75, 3.05) is 41.8 Å². The molecule has 0 radical (unpaired) electrons. The summed E-state index contributed by atoms with van der Waals surface area (Å²) >= 11 is 0.